The van der Waals surface area contributed by atoms with Gasteiger partial charge in [-0.1, -0.05) is 0 Å². The molecule has 8 nitrogen and oxygen atoms in total. The van der Waals surface area contributed by atoms with Crippen LogP contribution in [-0.2, 0) is 0 Å². The van der Waals surface area contributed by atoms with Crippen LogP contribution in [0.15, 0.2) is 34.5 Å². The molecular formula is C18H19N5O3S. The molecule has 1 aromatic heterocycles. The van der Waals surface area contributed by atoms with Crippen LogP contribution in [0.2, 0.25) is 0 Å². The van der Waals surface area contributed by atoms with Gasteiger partial charge in [-0.2, -0.15) is 5.26 Å². The summed E-state index contributed by atoms with van der Waals surface area (Å²) in [5.74, 6) is -0.248. The monoisotopic (exact) mass is 385 g/mol. The van der Waals surface area contributed by atoms with Crippen molar-refractivity contribution in [1.82, 2.24) is 0 Å². The van der Waals surface area contributed by atoms with E-state index in [1.165, 1.54) is 13.0 Å². The molecule has 0 aliphatic rings. The molecule has 140 valence electrons. The van der Waals surface area contributed by atoms with E-state index in [-0.39, 0.29) is 21.3 Å². The minimum absolute atomic E-state index is 0.0953. The highest BCUT2D eigenvalue weighted by Gasteiger charge is 2.21. The van der Waals surface area contributed by atoms with Gasteiger partial charge in [0.25, 0.3) is 0 Å². The van der Waals surface area contributed by atoms with Crippen LogP contribution in [0.4, 0.5) is 22.1 Å². The Morgan fingerprint density at radius 1 is 1.37 bits per heavy atom. The van der Waals surface area contributed by atoms with Crippen LogP contribution in [0.5, 0.6) is 0 Å². The van der Waals surface area contributed by atoms with Crippen LogP contribution in [0, 0.1) is 28.4 Å². The van der Waals surface area contributed by atoms with E-state index in [1.54, 1.807) is 6.07 Å². The van der Waals surface area contributed by atoms with Crippen molar-refractivity contribution in [2.75, 3.05) is 18.0 Å². The first-order valence-corrected chi connectivity index (χ1v) is 9.12. The van der Waals surface area contributed by atoms with Crippen molar-refractivity contribution in [1.29, 1.82) is 5.26 Å². The molecule has 1 aromatic carbocycles. The number of hydrogen-bond donors (Lipinski definition) is 0. The Balaban J connectivity index is 2.29. The summed E-state index contributed by atoms with van der Waals surface area (Å²) in [4.78, 5) is 24.4. The number of azo groups is 1. The van der Waals surface area contributed by atoms with Crippen molar-refractivity contribution in [2.24, 2.45) is 10.2 Å². The first-order valence-electron chi connectivity index (χ1n) is 8.30. The number of nitrogens with zero attached hydrogens (tertiary/aromatic N) is 5. The summed E-state index contributed by atoms with van der Waals surface area (Å²) in [5, 5.41) is 28.1. The molecule has 0 aliphatic carbocycles. The molecule has 0 saturated heterocycles. The van der Waals surface area contributed by atoms with Crippen molar-refractivity contribution in [3.05, 3.63) is 44.8 Å². The van der Waals surface area contributed by atoms with E-state index in [1.807, 2.05) is 26.0 Å². The molecule has 0 saturated carbocycles. The Morgan fingerprint density at radius 3 is 2.67 bits per heavy atom. The van der Waals surface area contributed by atoms with Crippen molar-refractivity contribution in [3.8, 4) is 6.07 Å². The van der Waals surface area contributed by atoms with Gasteiger partial charge in [0.1, 0.15) is 0 Å². The fraction of sp³-hybridized carbons (Fsp3) is 0.333. The van der Waals surface area contributed by atoms with Gasteiger partial charge in [0, 0.05) is 24.8 Å². The van der Waals surface area contributed by atoms with E-state index in [4.69, 9.17) is 5.26 Å². The van der Waals surface area contributed by atoms with Gasteiger partial charge in [0.2, 0.25) is 5.00 Å². The number of aryl methyl sites for hydroxylation is 1. The van der Waals surface area contributed by atoms with Crippen LogP contribution in [0.25, 0.3) is 0 Å². The molecule has 0 radical (unpaired) electrons. The molecule has 0 atom stereocenters. The van der Waals surface area contributed by atoms with Gasteiger partial charge in [-0.3, -0.25) is 14.9 Å². The first-order chi connectivity index (χ1) is 12.9. The molecule has 27 heavy (non-hydrogen) atoms. The van der Waals surface area contributed by atoms with Gasteiger partial charge in [-0.15, -0.1) is 21.6 Å². The predicted molar refractivity (Wildman–Crippen MR) is 104 cm³/mol. The number of thiophene rings is 1. The highest BCUT2D eigenvalue weighted by molar-refractivity contribution is 7.18. The van der Waals surface area contributed by atoms with Gasteiger partial charge < -0.3 is 4.90 Å². The number of rotatable bonds is 8. The lowest BCUT2D eigenvalue weighted by Gasteiger charge is -2.22. The van der Waals surface area contributed by atoms with Gasteiger partial charge in [-0.05, 0) is 44.5 Å². The fourth-order valence-corrected chi connectivity index (χ4v) is 3.29. The zero-order chi connectivity index (χ0) is 20.0. The van der Waals surface area contributed by atoms with Crippen molar-refractivity contribution in [3.63, 3.8) is 0 Å². The van der Waals surface area contributed by atoms with Crippen molar-refractivity contribution >= 4 is 39.2 Å². The third-order valence-electron chi connectivity index (χ3n) is 3.91. The van der Waals surface area contributed by atoms with Crippen LogP contribution in [-0.4, -0.2) is 23.8 Å². The Morgan fingerprint density at radius 2 is 2.11 bits per heavy atom. The molecule has 1 heterocycles. The third-order valence-corrected chi connectivity index (χ3v) is 5.02. The zero-order valence-electron chi connectivity index (χ0n) is 15.3. The largest absolute Gasteiger partial charge is 0.371 e. The fourth-order valence-electron chi connectivity index (χ4n) is 2.45. The number of nitro groups is 1. The summed E-state index contributed by atoms with van der Waals surface area (Å²) in [7, 11) is 0. The summed E-state index contributed by atoms with van der Waals surface area (Å²) < 4.78 is 0. The SMILES string of the molecule is CCN(CCC#N)c1ccc(N=Nc2sc(C(C)=O)cc2[N+](=O)[O-])c(C)c1. The maximum atomic E-state index is 11.5. The minimum Gasteiger partial charge on any atom is -0.371 e. The lowest BCUT2D eigenvalue weighted by molar-refractivity contribution is -0.383. The standard InChI is InChI=1S/C18H19N5O3S/c1-4-22(9-5-8-19)14-6-7-15(12(2)10-14)20-21-18-16(23(25)26)11-17(27-18)13(3)24/h6-7,10-11H,4-5,9H2,1-3H3. The average Bonchev–Trinajstić information content (AvgIpc) is 3.06. The van der Waals surface area contributed by atoms with E-state index >= 15 is 0 Å². The molecule has 0 N–H and O–H groups in total. The number of nitriles is 1. The number of hydrogen-bond acceptors (Lipinski definition) is 8. The summed E-state index contributed by atoms with van der Waals surface area (Å²) in [6.07, 6.45) is 0.439. The first kappa shape index (κ1) is 20.2. The van der Waals surface area contributed by atoms with E-state index in [9.17, 15) is 14.9 Å². The quantitative estimate of drug-likeness (QED) is 0.264. The number of carbonyl (C=O) groups excluding carboxylic acids is 1. The van der Waals surface area contributed by atoms with E-state index < -0.39 is 4.92 Å². The zero-order valence-corrected chi connectivity index (χ0v) is 16.1. The Kier molecular flexibility index (Phi) is 6.73. The summed E-state index contributed by atoms with van der Waals surface area (Å²) in [6.45, 7) is 6.66. The van der Waals surface area contributed by atoms with Gasteiger partial charge in [0.05, 0.1) is 28.0 Å². The molecule has 2 rings (SSSR count). The highest BCUT2D eigenvalue weighted by atomic mass is 32.1. The van der Waals surface area contributed by atoms with Gasteiger partial charge >= 0.3 is 5.69 Å². The molecular weight excluding hydrogens is 366 g/mol. The predicted octanol–water partition coefficient (Wildman–Crippen LogP) is 5.32. The molecule has 0 bridgehead atoms. The summed E-state index contributed by atoms with van der Waals surface area (Å²) >= 11 is 0.951. The van der Waals surface area contributed by atoms with E-state index in [0.29, 0.717) is 18.7 Å². The summed E-state index contributed by atoms with van der Waals surface area (Å²) in [5.41, 5.74) is 2.20. The number of carbonyl (C=O) groups is 1. The Labute approximate surface area is 160 Å². The number of Topliss-reactive ketones (excluding diaryl/α,β-unsaturated/α-hetero) is 1. The minimum atomic E-state index is -0.568. The maximum absolute atomic E-state index is 11.5. The van der Waals surface area contributed by atoms with Crippen LogP contribution in [0.1, 0.15) is 35.5 Å². The number of benzene rings is 1. The molecule has 0 amide bonds. The molecule has 0 aliphatic heterocycles. The van der Waals surface area contributed by atoms with Crippen molar-refractivity contribution in [2.45, 2.75) is 27.2 Å². The molecule has 0 spiro atoms. The van der Waals surface area contributed by atoms with Gasteiger partial charge in [-0.25, -0.2) is 0 Å². The number of anilines is 1. The topological polar surface area (TPSA) is 112 Å². The molecule has 2 aromatic rings. The maximum Gasteiger partial charge on any atom is 0.308 e. The normalized spacial score (nSPS) is 10.7. The summed E-state index contributed by atoms with van der Waals surface area (Å²) in [6, 6.07) is 8.98. The second-order valence-electron chi connectivity index (χ2n) is 5.77. The smallest absolute Gasteiger partial charge is 0.308 e. The lowest BCUT2D eigenvalue weighted by atomic mass is 10.1. The Hall–Kier alpha value is -3.12. The number of ketones is 1. The average molecular weight is 385 g/mol. The van der Waals surface area contributed by atoms with Crippen LogP contribution >= 0.6 is 11.3 Å². The highest BCUT2D eigenvalue weighted by Crippen LogP contribution is 2.38. The van der Waals surface area contributed by atoms with Crippen molar-refractivity contribution < 1.29 is 9.72 Å². The van der Waals surface area contributed by atoms with E-state index in [0.717, 1.165) is 29.1 Å². The Bertz CT molecular complexity index is 930. The molecule has 9 heteroatoms. The van der Waals surface area contributed by atoms with E-state index in [2.05, 4.69) is 21.2 Å². The molecule has 0 fully saturated rings. The lowest BCUT2D eigenvalue weighted by Crippen LogP contribution is -2.23. The van der Waals surface area contributed by atoms with Crippen LogP contribution in [0.3, 0.4) is 0 Å². The van der Waals surface area contributed by atoms with Gasteiger partial charge in [0.15, 0.2) is 5.78 Å². The second-order valence-corrected chi connectivity index (χ2v) is 6.80. The second kappa shape index (κ2) is 9.00. The van der Waals surface area contributed by atoms with Crippen LogP contribution < -0.4 is 4.90 Å². The third kappa shape index (κ3) is 4.95. The molecule has 0 unspecified atom stereocenters.